The Morgan fingerprint density at radius 2 is 2.32 bits per heavy atom. The van der Waals surface area contributed by atoms with E-state index in [1.165, 1.54) is 6.07 Å². The Kier molecular flexibility index (Phi) is 4.39. The van der Waals surface area contributed by atoms with Gasteiger partial charge in [0.2, 0.25) is 0 Å². The van der Waals surface area contributed by atoms with Crippen molar-refractivity contribution in [3.05, 3.63) is 29.6 Å². The summed E-state index contributed by atoms with van der Waals surface area (Å²) in [6.07, 6.45) is 1.16. The van der Waals surface area contributed by atoms with E-state index >= 15 is 0 Å². The van der Waals surface area contributed by atoms with Gasteiger partial charge in [0.05, 0.1) is 5.69 Å². The quantitative estimate of drug-likeness (QED) is 0.906. The molecular weight excluding hydrogens is 241 g/mol. The van der Waals surface area contributed by atoms with Crippen molar-refractivity contribution in [3.63, 3.8) is 0 Å². The molecule has 0 unspecified atom stereocenters. The van der Waals surface area contributed by atoms with Gasteiger partial charge in [0, 0.05) is 19.1 Å². The fraction of sp³-hybridized carbons (Fsp3) is 0.533. The summed E-state index contributed by atoms with van der Waals surface area (Å²) in [6, 6.07) is 7.21. The topological polar surface area (TPSA) is 39.1 Å². The molecule has 0 amide bonds. The molecule has 1 aliphatic rings. The van der Waals surface area contributed by atoms with Gasteiger partial charge in [0.25, 0.3) is 0 Å². The number of nitrogens with one attached hydrogen (secondary N) is 1. The molecule has 0 radical (unpaired) electrons. The van der Waals surface area contributed by atoms with Crippen molar-refractivity contribution in [2.45, 2.75) is 26.3 Å². The average Bonchev–Trinajstić information content (AvgIpc) is 2.85. The van der Waals surface area contributed by atoms with Crippen LogP contribution in [0, 0.1) is 23.1 Å². The van der Waals surface area contributed by atoms with Gasteiger partial charge in [-0.25, -0.2) is 4.39 Å². The van der Waals surface area contributed by atoms with Crippen LogP contribution in [0.4, 0.5) is 10.1 Å². The first kappa shape index (κ1) is 13.8. The highest BCUT2D eigenvalue weighted by atomic mass is 19.1. The third-order valence-electron chi connectivity index (χ3n) is 3.75. The summed E-state index contributed by atoms with van der Waals surface area (Å²) in [7, 11) is 0. The second-order valence-corrected chi connectivity index (χ2v) is 5.40. The van der Waals surface area contributed by atoms with Crippen molar-refractivity contribution < 1.29 is 4.39 Å². The van der Waals surface area contributed by atoms with Crippen LogP contribution in [-0.4, -0.2) is 30.6 Å². The average molecular weight is 261 g/mol. The molecule has 0 aliphatic carbocycles. The summed E-state index contributed by atoms with van der Waals surface area (Å²) in [4.78, 5) is 2.45. The van der Waals surface area contributed by atoms with Crippen molar-refractivity contribution in [2.24, 2.45) is 5.92 Å². The number of nitriles is 1. The number of hydrogen-bond acceptors (Lipinski definition) is 3. The standard InChI is InChI=1S/C15H20FN3/c1-11(2)19-7-6-12(10-19)9-18-15-5-3-4-14(16)13(15)8-17/h3-5,11-12,18H,6-7,9-10H2,1-2H3/t12-/m0/s1. The van der Waals surface area contributed by atoms with Crippen molar-refractivity contribution >= 4 is 5.69 Å². The largest absolute Gasteiger partial charge is 0.384 e. The highest BCUT2D eigenvalue weighted by Gasteiger charge is 2.24. The monoisotopic (exact) mass is 261 g/mol. The van der Waals surface area contributed by atoms with Crippen LogP contribution >= 0.6 is 0 Å². The van der Waals surface area contributed by atoms with Gasteiger partial charge in [-0.05, 0) is 44.9 Å². The van der Waals surface area contributed by atoms with E-state index in [1.54, 1.807) is 12.1 Å². The summed E-state index contributed by atoms with van der Waals surface area (Å²) in [5.41, 5.74) is 0.715. The Balaban J connectivity index is 1.94. The maximum Gasteiger partial charge on any atom is 0.143 e. The SMILES string of the molecule is CC(C)N1CC[C@@H](CNc2cccc(F)c2C#N)C1. The molecule has 1 atom stereocenters. The zero-order chi connectivity index (χ0) is 13.8. The van der Waals surface area contributed by atoms with Crippen LogP contribution in [0.2, 0.25) is 0 Å². The van der Waals surface area contributed by atoms with E-state index in [0.717, 1.165) is 26.1 Å². The van der Waals surface area contributed by atoms with Gasteiger partial charge in [0.15, 0.2) is 0 Å². The summed E-state index contributed by atoms with van der Waals surface area (Å²) >= 11 is 0. The molecule has 19 heavy (non-hydrogen) atoms. The fourth-order valence-corrected chi connectivity index (χ4v) is 2.54. The first-order valence-corrected chi connectivity index (χ1v) is 6.78. The van der Waals surface area contributed by atoms with E-state index in [9.17, 15) is 4.39 Å². The van der Waals surface area contributed by atoms with Gasteiger partial charge in [0.1, 0.15) is 17.4 Å². The summed E-state index contributed by atoms with van der Waals surface area (Å²) < 4.78 is 13.4. The number of likely N-dealkylation sites (tertiary alicyclic amines) is 1. The molecule has 1 aromatic rings. The first-order valence-electron chi connectivity index (χ1n) is 6.78. The van der Waals surface area contributed by atoms with E-state index < -0.39 is 5.82 Å². The van der Waals surface area contributed by atoms with E-state index in [4.69, 9.17) is 5.26 Å². The maximum absolute atomic E-state index is 13.4. The number of hydrogen-bond donors (Lipinski definition) is 1. The van der Waals surface area contributed by atoms with Gasteiger partial charge >= 0.3 is 0 Å². The number of benzene rings is 1. The molecule has 0 bridgehead atoms. The Bertz CT molecular complexity index is 479. The molecule has 1 aromatic carbocycles. The third kappa shape index (κ3) is 3.24. The molecule has 1 heterocycles. The van der Waals surface area contributed by atoms with E-state index in [1.807, 2.05) is 6.07 Å². The molecule has 1 fully saturated rings. The number of nitrogens with zero attached hydrogens (tertiary/aromatic N) is 2. The molecule has 1 aliphatic heterocycles. The normalized spacial score (nSPS) is 19.6. The minimum Gasteiger partial charge on any atom is -0.384 e. The number of rotatable bonds is 4. The molecule has 3 nitrogen and oxygen atoms in total. The lowest BCUT2D eigenvalue weighted by Crippen LogP contribution is -2.29. The zero-order valence-electron chi connectivity index (χ0n) is 11.5. The highest BCUT2D eigenvalue weighted by molar-refractivity contribution is 5.57. The minimum atomic E-state index is -0.456. The van der Waals surface area contributed by atoms with Crippen molar-refractivity contribution in [2.75, 3.05) is 25.0 Å². The predicted molar refractivity (Wildman–Crippen MR) is 74.4 cm³/mol. The van der Waals surface area contributed by atoms with E-state index in [-0.39, 0.29) is 5.56 Å². The predicted octanol–water partition coefficient (Wildman–Crippen LogP) is 2.84. The van der Waals surface area contributed by atoms with Gasteiger partial charge in [-0.3, -0.25) is 0 Å². The van der Waals surface area contributed by atoms with Crippen LogP contribution in [0.1, 0.15) is 25.8 Å². The molecule has 4 heteroatoms. The fourth-order valence-electron chi connectivity index (χ4n) is 2.54. The molecule has 0 spiro atoms. The lowest BCUT2D eigenvalue weighted by atomic mass is 10.1. The summed E-state index contributed by atoms with van der Waals surface area (Å²) in [5.74, 6) is 0.111. The van der Waals surface area contributed by atoms with Gasteiger partial charge < -0.3 is 10.2 Å². The Hall–Kier alpha value is -1.60. The van der Waals surface area contributed by atoms with Gasteiger partial charge in [-0.2, -0.15) is 5.26 Å². The Morgan fingerprint density at radius 3 is 2.95 bits per heavy atom. The summed E-state index contributed by atoms with van der Waals surface area (Å²) in [6.45, 7) is 7.40. The molecule has 1 N–H and O–H groups in total. The van der Waals surface area contributed by atoms with Crippen molar-refractivity contribution in [3.8, 4) is 6.07 Å². The lowest BCUT2D eigenvalue weighted by Gasteiger charge is -2.20. The molecular formula is C15H20FN3. The highest BCUT2D eigenvalue weighted by Crippen LogP contribution is 2.22. The van der Waals surface area contributed by atoms with Crippen LogP contribution in [0.3, 0.4) is 0 Å². The molecule has 1 saturated heterocycles. The smallest absolute Gasteiger partial charge is 0.143 e. The van der Waals surface area contributed by atoms with E-state index in [0.29, 0.717) is 17.6 Å². The van der Waals surface area contributed by atoms with Crippen LogP contribution in [0.15, 0.2) is 18.2 Å². The Labute approximate surface area is 114 Å². The second kappa shape index (κ2) is 6.03. The van der Waals surface area contributed by atoms with Gasteiger partial charge in [-0.15, -0.1) is 0 Å². The molecule has 102 valence electrons. The van der Waals surface area contributed by atoms with Crippen LogP contribution in [-0.2, 0) is 0 Å². The molecule has 0 aromatic heterocycles. The van der Waals surface area contributed by atoms with Crippen molar-refractivity contribution in [1.82, 2.24) is 4.90 Å². The van der Waals surface area contributed by atoms with Crippen molar-refractivity contribution in [1.29, 1.82) is 5.26 Å². The minimum absolute atomic E-state index is 0.112. The molecule has 2 rings (SSSR count). The van der Waals surface area contributed by atoms with Crippen LogP contribution in [0.5, 0.6) is 0 Å². The Morgan fingerprint density at radius 1 is 1.53 bits per heavy atom. The third-order valence-corrected chi connectivity index (χ3v) is 3.75. The van der Waals surface area contributed by atoms with Gasteiger partial charge in [-0.1, -0.05) is 6.07 Å². The lowest BCUT2D eigenvalue weighted by molar-refractivity contribution is 0.266. The van der Waals surface area contributed by atoms with Crippen LogP contribution in [0.25, 0.3) is 0 Å². The second-order valence-electron chi connectivity index (χ2n) is 5.40. The number of anilines is 1. The summed E-state index contributed by atoms with van der Waals surface area (Å²) in [5, 5.41) is 12.2. The number of halogens is 1. The maximum atomic E-state index is 13.4. The zero-order valence-corrected chi connectivity index (χ0v) is 11.5. The first-order chi connectivity index (χ1) is 9.11. The van der Waals surface area contributed by atoms with E-state index in [2.05, 4.69) is 24.1 Å². The van der Waals surface area contributed by atoms with Crippen LogP contribution < -0.4 is 5.32 Å². The molecule has 0 saturated carbocycles.